The molecule has 0 fully saturated rings. The zero-order valence-corrected chi connectivity index (χ0v) is 16.8. The number of ether oxygens (including phenoxy) is 1. The van der Waals surface area contributed by atoms with E-state index in [4.69, 9.17) is 21.3 Å². The fraction of sp³-hybridized carbons (Fsp3) is 0.130. The Hall–Kier alpha value is -3.31. The molecule has 4 aromatic rings. The molecule has 0 aliphatic carbocycles. The number of hydrogen-bond acceptors (Lipinski definition) is 5. The second kappa shape index (κ2) is 8.80. The Morgan fingerprint density at radius 1 is 0.897 bits per heavy atom. The van der Waals surface area contributed by atoms with E-state index in [-0.39, 0.29) is 0 Å². The Labute approximate surface area is 174 Å². The number of fused-ring (bicyclic) bond motifs is 1. The van der Waals surface area contributed by atoms with Gasteiger partial charge in [-0.2, -0.15) is 4.98 Å². The van der Waals surface area contributed by atoms with Crippen molar-refractivity contribution in [2.45, 2.75) is 13.5 Å². The second-order valence-corrected chi connectivity index (χ2v) is 6.85. The minimum absolute atomic E-state index is 0.523. The topological polar surface area (TPSA) is 59.1 Å². The standard InChI is InChI=1S/C23H21ClN4O/c1-2-29-18-13-11-17(12-14-18)26-23-27-21-10-6-4-8-19(21)22(28-23)25-15-16-7-3-5-9-20(16)24/h3-14H,2,15H2,1H3,(H2,25,26,27,28). The van der Waals surface area contributed by atoms with E-state index in [2.05, 4.69) is 15.6 Å². The normalized spacial score (nSPS) is 10.7. The molecule has 0 saturated carbocycles. The highest BCUT2D eigenvalue weighted by Crippen LogP contribution is 2.25. The summed E-state index contributed by atoms with van der Waals surface area (Å²) in [6.07, 6.45) is 0. The van der Waals surface area contributed by atoms with Crippen LogP contribution in [-0.2, 0) is 6.54 Å². The first kappa shape index (κ1) is 19.0. The smallest absolute Gasteiger partial charge is 0.229 e. The first-order valence-electron chi connectivity index (χ1n) is 9.47. The number of nitrogens with zero attached hydrogens (tertiary/aromatic N) is 2. The summed E-state index contributed by atoms with van der Waals surface area (Å²) >= 11 is 6.29. The van der Waals surface area contributed by atoms with Crippen molar-refractivity contribution in [3.8, 4) is 5.75 Å². The third-order valence-corrected chi connectivity index (χ3v) is 4.80. The summed E-state index contributed by atoms with van der Waals surface area (Å²) in [5.41, 5.74) is 2.76. The molecule has 0 bridgehead atoms. The summed E-state index contributed by atoms with van der Waals surface area (Å²) in [4.78, 5) is 9.33. The van der Waals surface area contributed by atoms with Crippen molar-refractivity contribution in [2.24, 2.45) is 0 Å². The monoisotopic (exact) mass is 404 g/mol. The van der Waals surface area contributed by atoms with Crippen LogP contribution in [0.3, 0.4) is 0 Å². The van der Waals surface area contributed by atoms with E-state index in [0.29, 0.717) is 19.1 Å². The first-order chi connectivity index (χ1) is 14.2. The summed E-state index contributed by atoms with van der Waals surface area (Å²) in [5, 5.41) is 8.36. The molecule has 1 aromatic heterocycles. The molecule has 0 unspecified atom stereocenters. The highest BCUT2D eigenvalue weighted by molar-refractivity contribution is 6.31. The van der Waals surface area contributed by atoms with E-state index in [9.17, 15) is 0 Å². The van der Waals surface area contributed by atoms with Crippen LogP contribution >= 0.6 is 11.6 Å². The van der Waals surface area contributed by atoms with Crippen molar-refractivity contribution in [3.63, 3.8) is 0 Å². The van der Waals surface area contributed by atoms with E-state index in [1.807, 2.05) is 79.7 Å². The first-order valence-corrected chi connectivity index (χ1v) is 9.84. The van der Waals surface area contributed by atoms with Crippen molar-refractivity contribution in [1.29, 1.82) is 0 Å². The predicted octanol–water partition coefficient (Wildman–Crippen LogP) is 6.04. The molecule has 29 heavy (non-hydrogen) atoms. The highest BCUT2D eigenvalue weighted by atomic mass is 35.5. The van der Waals surface area contributed by atoms with Gasteiger partial charge in [0.1, 0.15) is 11.6 Å². The molecular formula is C23H21ClN4O. The van der Waals surface area contributed by atoms with Gasteiger partial charge < -0.3 is 15.4 Å². The largest absolute Gasteiger partial charge is 0.494 e. The molecule has 0 amide bonds. The van der Waals surface area contributed by atoms with Crippen LogP contribution in [0.15, 0.2) is 72.8 Å². The fourth-order valence-electron chi connectivity index (χ4n) is 3.02. The molecule has 1 heterocycles. The molecule has 6 heteroatoms. The van der Waals surface area contributed by atoms with Gasteiger partial charge in [0.25, 0.3) is 0 Å². The molecule has 2 N–H and O–H groups in total. The lowest BCUT2D eigenvalue weighted by Crippen LogP contribution is -2.06. The summed E-state index contributed by atoms with van der Waals surface area (Å²) in [7, 11) is 0. The maximum absolute atomic E-state index is 6.29. The van der Waals surface area contributed by atoms with Gasteiger partial charge in [0.2, 0.25) is 5.95 Å². The lowest BCUT2D eigenvalue weighted by atomic mass is 10.2. The van der Waals surface area contributed by atoms with Gasteiger partial charge >= 0.3 is 0 Å². The Bertz CT molecular complexity index is 1120. The number of benzene rings is 3. The number of rotatable bonds is 7. The second-order valence-electron chi connectivity index (χ2n) is 6.44. The van der Waals surface area contributed by atoms with E-state index >= 15 is 0 Å². The van der Waals surface area contributed by atoms with Crippen LogP contribution in [0.25, 0.3) is 10.9 Å². The maximum Gasteiger partial charge on any atom is 0.229 e. The van der Waals surface area contributed by atoms with Crippen LogP contribution in [0, 0.1) is 0 Å². The van der Waals surface area contributed by atoms with Gasteiger partial charge in [0, 0.05) is 22.6 Å². The maximum atomic E-state index is 6.29. The van der Waals surface area contributed by atoms with Gasteiger partial charge in [-0.1, -0.05) is 41.9 Å². The molecule has 0 saturated heterocycles. The van der Waals surface area contributed by atoms with Crippen LogP contribution in [0.1, 0.15) is 12.5 Å². The van der Waals surface area contributed by atoms with Crippen LogP contribution in [0.5, 0.6) is 5.75 Å². The van der Waals surface area contributed by atoms with E-state index in [0.717, 1.165) is 38.7 Å². The Morgan fingerprint density at radius 2 is 1.66 bits per heavy atom. The van der Waals surface area contributed by atoms with E-state index in [1.165, 1.54) is 0 Å². The minimum atomic E-state index is 0.523. The van der Waals surface area contributed by atoms with Crippen LogP contribution in [-0.4, -0.2) is 16.6 Å². The molecule has 0 aliphatic heterocycles. The molecule has 0 atom stereocenters. The highest BCUT2D eigenvalue weighted by Gasteiger charge is 2.09. The Balaban J connectivity index is 1.60. The molecule has 146 valence electrons. The summed E-state index contributed by atoms with van der Waals surface area (Å²) < 4.78 is 5.49. The zero-order valence-electron chi connectivity index (χ0n) is 16.0. The van der Waals surface area contributed by atoms with Crippen molar-refractivity contribution in [3.05, 3.63) is 83.4 Å². The number of halogens is 1. The molecule has 4 rings (SSSR count). The van der Waals surface area contributed by atoms with Crippen molar-refractivity contribution < 1.29 is 4.74 Å². The van der Waals surface area contributed by atoms with Gasteiger partial charge in [-0.25, -0.2) is 4.98 Å². The van der Waals surface area contributed by atoms with E-state index in [1.54, 1.807) is 0 Å². The number of hydrogen-bond donors (Lipinski definition) is 2. The number of aromatic nitrogens is 2. The summed E-state index contributed by atoms with van der Waals surface area (Å²) in [6, 6.07) is 23.4. The molecule has 0 aliphatic rings. The number of anilines is 3. The van der Waals surface area contributed by atoms with Gasteiger partial charge in [0.15, 0.2) is 0 Å². The molecule has 0 spiro atoms. The zero-order chi connectivity index (χ0) is 20.1. The van der Waals surface area contributed by atoms with Crippen molar-refractivity contribution >= 4 is 40.0 Å². The van der Waals surface area contributed by atoms with Crippen molar-refractivity contribution in [2.75, 3.05) is 17.2 Å². The Kier molecular flexibility index (Phi) is 5.77. The van der Waals surface area contributed by atoms with Gasteiger partial charge in [0.05, 0.1) is 12.1 Å². The molecule has 3 aromatic carbocycles. The Morgan fingerprint density at radius 3 is 2.45 bits per heavy atom. The summed E-state index contributed by atoms with van der Waals surface area (Å²) in [5.74, 6) is 2.11. The fourth-order valence-corrected chi connectivity index (χ4v) is 3.22. The van der Waals surface area contributed by atoms with Crippen LogP contribution in [0.4, 0.5) is 17.5 Å². The van der Waals surface area contributed by atoms with E-state index < -0.39 is 0 Å². The van der Waals surface area contributed by atoms with Gasteiger partial charge in [-0.3, -0.25) is 0 Å². The minimum Gasteiger partial charge on any atom is -0.494 e. The number of nitrogens with one attached hydrogen (secondary N) is 2. The number of para-hydroxylation sites is 1. The SMILES string of the molecule is CCOc1ccc(Nc2nc(NCc3ccccc3Cl)c3ccccc3n2)cc1. The average Bonchev–Trinajstić information content (AvgIpc) is 2.74. The third kappa shape index (κ3) is 4.58. The van der Waals surface area contributed by atoms with Crippen LogP contribution < -0.4 is 15.4 Å². The third-order valence-electron chi connectivity index (χ3n) is 4.43. The summed E-state index contributed by atoms with van der Waals surface area (Å²) in [6.45, 7) is 3.18. The predicted molar refractivity (Wildman–Crippen MR) is 119 cm³/mol. The lowest BCUT2D eigenvalue weighted by molar-refractivity contribution is 0.340. The van der Waals surface area contributed by atoms with Gasteiger partial charge in [-0.15, -0.1) is 0 Å². The molecular weight excluding hydrogens is 384 g/mol. The molecule has 0 radical (unpaired) electrons. The van der Waals surface area contributed by atoms with Crippen LogP contribution in [0.2, 0.25) is 5.02 Å². The quantitative estimate of drug-likeness (QED) is 0.393. The lowest BCUT2D eigenvalue weighted by Gasteiger charge is -2.13. The average molecular weight is 405 g/mol. The molecule has 5 nitrogen and oxygen atoms in total. The van der Waals surface area contributed by atoms with Crippen molar-refractivity contribution in [1.82, 2.24) is 9.97 Å². The van der Waals surface area contributed by atoms with Gasteiger partial charge in [-0.05, 0) is 55.0 Å².